The van der Waals surface area contributed by atoms with Crippen molar-refractivity contribution in [2.45, 2.75) is 115 Å². The van der Waals surface area contributed by atoms with E-state index in [9.17, 15) is 18.1 Å². The molecule has 0 aromatic heterocycles. The Morgan fingerprint density at radius 2 is 1.04 bits per heavy atom. The quantitative estimate of drug-likeness (QED) is 0.250. The van der Waals surface area contributed by atoms with E-state index < -0.39 is 15.1 Å². The van der Waals surface area contributed by atoms with Crippen LogP contribution in [0.2, 0.25) is 0 Å². The smallest absolute Gasteiger partial charge is 0.746 e. The Morgan fingerprint density at radius 3 is 1.42 bits per heavy atom. The summed E-state index contributed by atoms with van der Waals surface area (Å²) in [6.07, 6.45) is 14.3. The molecule has 0 saturated heterocycles. The van der Waals surface area contributed by atoms with Gasteiger partial charge in [-0.3, -0.25) is 0 Å². The molecule has 0 amide bonds. The Morgan fingerprint density at radius 1 is 0.708 bits per heavy atom. The summed E-state index contributed by atoms with van der Waals surface area (Å²) in [6, 6.07) is 0. The fourth-order valence-electron chi connectivity index (χ4n) is 2.89. The zero-order chi connectivity index (χ0) is 17.6. The van der Waals surface area contributed by atoms with Crippen LogP contribution in [0.15, 0.2) is 0 Å². The Bertz CT molecular complexity index is 373. The molecule has 0 bridgehead atoms. The number of rotatable bonds is 16. The predicted octanol–water partition coefficient (Wildman–Crippen LogP) is 2.12. The van der Waals surface area contributed by atoms with Crippen LogP contribution in [-0.2, 0) is 10.1 Å². The van der Waals surface area contributed by atoms with Gasteiger partial charge in [-0.1, -0.05) is 84.5 Å². The molecule has 0 aromatic rings. The van der Waals surface area contributed by atoms with Gasteiger partial charge in [-0.15, -0.1) is 0 Å². The van der Waals surface area contributed by atoms with E-state index in [2.05, 4.69) is 6.92 Å². The van der Waals surface area contributed by atoms with Gasteiger partial charge in [0.1, 0.15) is 10.1 Å². The second kappa shape index (κ2) is 16.7. The monoisotopic (exact) mass is 388 g/mol. The summed E-state index contributed by atoms with van der Waals surface area (Å²) in [7, 11) is -4.64. The first-order valence-corrected chi connectivity index (χ1v) is 11.0. The maximum Gasteiger partial charge on any atom is 1.00 e. The molecule has 4 nitrogen and oxygen atoms in total. The molecule has 0 rings (SSSR count). The van der Waals surface area contributed by atoms with Crippen LogP contribution >= 0.6 is 0 Å². The van der Waals surface area contributed by atoms with Crippen LogP contribution in [-0.4, -0.2) is 23.0 Å². The van der Waals surface area contributed by atoms with E-state index in [1.165, 1.54) is 44.9 Å². The maximum absolute atomic E-state index is 11.3. The zero-order valence-electron chi connectivity index (χ0n) is 16.2. The van der Waals surface area contributed by atoms with E-state index in [0.29, 0.717) is 12.8 Å². The van der Waals surface area contributed by atoms with E-state index in [1.54, 1.807) is 0 Å². The van der Waals surface area contributed by atoms with Crippen LogP contribution in [0.25, 0.3) is 0 Å². The van der Waals surface area contributed by atoms with Gasteiger partial charge in [-0.25, -0.2) is 8.42 Å². The molecule has 0 radical (unpaired) electrons. The van der Waals surface area contributed by atoms with Gasteiger partial charge in [-0.05, 0) is 25.7 Å². The third-order valence-corrected chi connectivity index (χ3v) is 5.90. The van der Waals surface area contributed by atoms with Gasteiger partial charge in [0.05, 0.1) is 0 Å². The van der Waals surface area contributed by atoms with Crippen molar-refractivity contribution in [3.63, 3.8) is 0 Å². The van der Waals surface area contributed by atoms with Crippen molar-refractivity contribution in [3.05, 3.63) is 0 Å². The van der Waals surface area contributed by atoms with Gasteiger partial charge in [0.2, 0.25) is 0 Å². The summed E-state index contributed by atoms with van der Waals surface area (Å²) in [5.41, 5.74) is 0. The van der Waals surface area contributed by atoms with E-state index in [-0.39, 0.29) is 64.2 Å². The second-order valence-corrected chi connectivity index (χ2v) is 8.46. The molecule has 1 N–H and O–H groups in total. The first-order valence-electron chi connectivity index (χ1n) is 9.55. The zero-order valence-corrected chi connectivity index (χ0v) is 20.1. The summed E-state index contributed by atoms with van der Waals surface area (Å²) in [5, 5.41) is 10.1. The molecule has 0 fully saturated rings. The number of hydrogen-bond donors (Lipinski definition) is 1. The van der Waals surface area contributed by atoms with Crippen LogP contribution in [0.3, 0.4) is 0 Å². The first kappa shape index (κ1) is 27.7. The molecule has 0 spiro atoms. The van der Waals surface area contributed by atoms with Gasteiger partial charge in [0.15, 0.2) is 4.93 Å². The SMILES string of the molecule is CCCCCCCCCCCCCC(O)(CCCC)S(=O)(=O)[O-].[K+]. The summed E-state index contributed by atoms with van der Waals surface area (Å²) in [6.45, 7) is 4.14. The molecular formula is C18H37KO4S. The molecule has 0 saturated carbocycles. The molecule has 6 heteroatoms. The van der Waals surface area contributed by atoms with Crippen molar-refractivity contribution >= 4 is 10.1 Å². The van der Waals surface area contributed by atoms with Gasteiger partial charge < -0.3 is 9.66 Å². The number of hydrogen-bond acceptors (Lipinski definition) is 4. The van der Waals surface area contributed by atoms with E-state index in [4.69, 9.17) is 0 Å². The van der Waals surface area contributed by atoms with Crippen molar-refractivity contribution in [1.29, 1.82) is 0 Å². The predicted molar refractivity (Wildman–Crippen MR) is 95.3 cm³/mol. The first-order chi connectivity index (χ1) is 10.9. The van der Waals surface area contributed by atoms with Crippen molar-refractivity contribution in [2.24, 2.45) is 0 Å². The van der Waals surface area contributed by atoms with Crippen LogP contribution in [0.4, 0.5) is 0 Å². The Balaban J connectivity index is 0. The van der Waals surface area contributed by atoms with Crippen LogP contribution in [0.5, 0.6) is 0 Å². The summed E-state index contributed by atoms with van der Waals surface area (Å²) in [4.78, 5) is -2.05. The van der Waals surface area contributed by atoms with Gasteiger partial charge >= 0.3 is 51.4 Å². The molecule has 1 unspecified atom stereocenters. The topological polar surface area (TPSA) is 77.4 Å². The molecule has 140 valence electrons. The molecular weight excluding hydrogens is 351 g/mol. The summed E-state index contributed by atoms with van der Waals surface area (Å²) in [5.74, 6) is 0. The second-order valence-electron chi connectivity index (χ2n) is 6.79. The minimum absolute atomic E-state index is 0. The van der Waals surface area contributed by atoms with Gasteiger partial charge in [0.25, 0.3) is 0 Å². The number of aliphatic hydroxyl groups is 1. The summed E-state index contributed by atoms with van der Waals surface area (Å²) < 4.78 is 33.8. The van der Waals surface area contributed by atoms with Crippen LogP contribution in [0, 0.1) is 0 Å². The van der Waals surface area contributed by atoms with Crippen LogP contribution in [0.1, 0.15) is 110 Å². The molecule has 1 atom stereocenters. The van der Waals surface area contributed by atoms with Crippen molar-refractivity contribution in [1.82, 2.24) is 0 Å². The fourth-order valence-corrected chi connectivity index (χ4v) is 3.68. The normalized spacial score (nSPS) is 14.2. The average Bonchev–Trinajstić information content (AvgIpc) is 2.49. The van der Waals surface area contributed by atoms with E-state index in [0.717, 1.165) is 25.7 Å². The minimum Gasteiger partial charge on any atom is -0.746 e. The fraction of sp³-hybridized carbons (Fsp3) is 1.00. The number of unbranched alkanes of at least 4 members (excludes halogenated alkanes) is 11. The molecule has 0 heterocycles. The van der Waals surface area contributed by atoms with Crippen LogP contribution < -0.4 is 51.4 Å². The maximum atomic E-state index is 11.3. The van der Waals surface area contributed by atoms with Crippen molar-refractivity contribution < 1.29 is 69.5 Å². The Labute approximate surface area is 192 Å². The van der Waals surface area contributed by atoms with E-state index in [1.807, 2.05) is 6.92 Å². The largest absolute Gasteiger partial charge is 1.00 e. The molecule has 0 aliphatic carbocycles. The average molecular weight is 389 g/mol. The van der Waals surface area contributed by atoms with Crippen molar-refractivity contribution in [2.75, 3.05) is 0 Å². The molecule has 0 aliphatic heterocycles. The Hall–Kier alpha value is 1.51. The standard InChI is InChI=1S/C18H38O4S.K/c1-3-5-7-8-9-10-11-12-13-14-15-17-18(19,16-6-4-2)23(20,21)22;/h19H,3-17H2,1-2H3,(H,20,21,22);/q;+1/p-1. The van der Waals surface area contributed by atoms with E-state index >= 15 is 0 Å². The molecule has 24 heavy (non-hydrogen) atoms. The molecule has 0 aromatic carbocycles. The van der Waals surface area contributed by atoms with Gasteiger partial charge in [0, 0.05) is 0 Å². The van der Waals surface area contributed by atoms with Gasteiger partial charge in [-0.2, -0.15) is 0 Å². The molecule has 0 aliphatic rings. The minimum atomic E-state index is -4.64. The third-order valence-electron chi connectivity index (χ3n) is 4.56. The third kappa shape index (κ3) is 13.7. The Kier molecular flexibility index (Phi) is 19.2. The summed E-state index contributed by atoms with van der Waals surface area (Å²) >= 11 is 0. The van der Waals surface area contributed by atoms with Crippen molar-refractivity contribution in [3.8, 4) is 0 Å².